The third kappa shape index (κ3) is 3.71. The van der Waals surface area contributed by atoms with E-state index in [0.717, 1.165) is 0 Å². The Bertz CT molecular complexity index is 634. The number of nitrogens with one attached hydrogen (secondary N) is 2. The molecule has 0 atom stereocenters. The quantitative estimate of drug-likeness (QED) is 0.879. The molecule has 0 saturated carbocycles. The van der Waals surface area contributed by atoms with E-state index in [1.165, 1.54) is 18.2 Å². The van der Waals surface area contributed by atoms with E-state index in [1.807, 2.05) is 0 Å². The van der Waals surface area contributed by atoms with Crippen LogP contribution in [0.25, 0.3) is 0 Å². The molecule has 0 saturated heterocycles. The Balaban J connectivity index is 2.05. The lowest BCUT2D eigenvalue weighted by Gasteiger charge is -2.10. The molecule has 20 heavy (non-hydrogen) atoms. The van der Waals surface area contributed by atoms with Crippen LogP contribution in [0.3, 0.4) is 0 Å². The van der Waals surface area contributed by atoms with Crippen LogP contribution in [0.2, 0.25) is 0 Å². The number of hydrogen-bond donors (Lipinski definition) is 2. The molecule has 0 unspecified atom stereocenters. The van der Waals surface area contributed by atoms with Gasteiger partial charge in [-0.15, -0.1) is 0 Å². The predicted molar refractivity (Wildman–Crippen MR) is 79.7 cm³/mol. The van der Waals surface area contributed by atoms with E-state index in [1.54, 1.807) is 31.4 Å². The van der Waals surface area contributed by atoms with Gasteiger partial charge in [-0.1, -0.05) is 6.07 Å². The number of halogens is 2. The highest BCUT2D eigenvalue weighted by molar-refractivity contribution is 9.10. The number of carbonyl (C=O) groups excluding carboxylic acids is 1. The molecule has 0 heterocycles. The van der Waals surface area contributed by atoms with Crippen LogP contribution in [0, 0.1) is 5.82 Å². The summed E-state index contributed by atoms with van der Waals surface area (Å²) in [6.45, 7) is 0. The Morgan fingerprint density at radius 1 is 1.20 bits per heavy atom. The molecule has 6 heteroatoms. The normalized spacial score (nSPS) is 9.95. The van der Waals surface area contributed by atoms with Gasteiger partial charge in [-0.3, -0.25) is 0 Å². The molecular weight excluding hydrogens is 327 g/mol. The molecule has 2 aromatic carbocycles. The third-order valence-electron chi connectivity index (χ3n) is 2.51. The molecule has 0 spiro atoms. The smallest absolute Gasteiger partial charge is 0.323 e. The lowest BCUT2D eigenvalue weighted by molar-refractivity contribution is 0.262. The fourth-order valence-corrected chi connectivity index (χ4v) is 2.03. The van der Waals surface area contributed by atoms with Gasteiger partial charge in [-0.05, 0) is 46.3 Å². The van der Waals surface area contributed by atoms with E-state index in [2.05, 4.69) is 26.6 Å². The second-order valence-corrected chi connectivity index (χ2v) is 4.79. The second-order valence-electron chi connectivity index (χ2n) is 3.94. The van der Waals surface area contributed by atoms with Crippen molar-refractivity contribution in [3.63, 3.8) is 0 Å². The fraction of sp³-hybridized carbons (Fsp3) is 0.0714. The van der Waals surface area contributed by atoms with Crippen LogP contribution in [0.5, 0.6) is 5.75 Å². The molecule has 0 fully saturated rings. The Kier molecular flexibility index (Phi) is 4.57. The number of benzene rings is 2. The number of carbonyl (C=O) groups is 1. The van der Waals surface area contributed by atoms with E-state index < -0.39 is 6.03 Å². The fourth-order valence-electron chi connectivity index (χ4n) is 1.58. The molecule has 4 nitrogen and oxygen atoms in total. The largest absolute Gasteiger partial charge is 0.497 e. The van der Waals surface area contributed by atoms with Gasteiger partial charge >= 0.3 is 6.03 Å². The summed E-state index contributed by atoms with van der Waals surface area (Å²) in [5.41, 5.74) is 1.08. The van der Waals surface area contributed by atoms with Gasteiger partial charge in [0.2, 0.25) is 0 Å². The van der Waals surface area contributed by atoms with Crippen molar-refractivity contribution in [2.24, 2.45) is 0 Å². The zero-order valence-corrected chi connectivity index (χ0v) is 12.2. The van der Waals surface area contributed by atoms with Crippen LogP contribution in [0.4, 0.5) is 20.6 Å². The van der Waals surface area contributed by atoms with Crippen LogP contribution in [-0.4, -0.2) is 13.1 Å². The highest BCUT2D eigenvalue weighted by Gasteiger charge is 2.07. The van der Waals surface area contributed by atoms with Crippen molar-refractivity contribution in [1.82, 2.24) is 0 Å². The number of methoxy groups -OCH3 is 1. The summed E-state index contributed by atoms with van der Waals surface area (Å²) < 4.78 is 18.5. The minimum atomic E-state index is -0.425. The molecular formula is C14H12BrFN2O2. The zero-order chi connectivity index (χ0) is 14.5. The summed E-state index contributed by atoms with van der Waals surface area (Å²) in [7, 11) is 1.55. The van der Waals surface area contributed by atoms with E-state index in [9.17, 15) is 9.18 Å². The SMILES string of the molecule is COc1cccc(NC(=O)Nc2ccc(F)cc2Br)c1. The Labute approximate surface area is 124 Å². The van der Waals surface area contributed by atoms with Gasteiger partial charge in [-0.25, -0.2) is 9.18 Å². The standard InChI is InChI=1S/C14H12BrFN2O2/c1-20-11-4-2-3-10(8-11)17-14(19)18-13-6-5-9(16)7-12(13)15/h2-8H,1H3,(H2,17,18,19). The van der Waals surface area contributed by atoms with Crippen molar-refractivity contribution in [2.75, 3.05) is 17.7 Å². The van der Waals surface area contributed by atoms with E-state index >= 15 is 0 Å². The first-order valence-corrected chi connectivity index (χ1v) is 6.55. The number of ether oxygens (including phenoxy) is 1. The van der Waals surface area contributed by atoms with Gasteiger partial charge in [0.15, 0.2) is 0 Å². The van der Waals surface area contributed by atoms with Gasteiger partial charge < -0.3 is 15.4 Å². The molecule has 0 aliphatic heterocycles. The van der Waals surface area contributed by atoms with Crippen LogP contribution in [0.15, 0.2) is 46.9 Å². The Morgan fingerprint density at radius 3 is 2.70 bits per heavy atom. The minimum absolute atomic E-state index is 0.379. The Morgan fingerprint density at radius 2 is 2.00 bits per heavy atom. The third-order valence-corrected chi connectivity index (χ3v) is 3.16. The highest BCUT2D eigenvalue weighted by Crippen LogP contribution is 2.23. The lowest BCUT2D eigenvalue weighted by atomic mass is 10.3. The first-order chi connectivity index (χ1) is 9.58. The van der Waals surface area contributed by atoms with Gasteiger partial charge in [0.1, 0.15) is 11.6 Å². The average Bonchev–Trinajstić information content (AvgIpc) is 2.42. The molecule has 2 rings (SSSR count). The Hall–Kier alpha value is -2.08. The van der Waals surface area contributed by atoms with Crippen LogP contribution < -0.4 is 15.4 Å². The molecule has 0 aliphatic rings. The molecule has 2 N–H and O–H groups in total. The molecule has 2 amide bonds. The van der Waals surface area contributed by atoms with E-state index in [0.29, 0.717) is 21.6 Å². The molecule has 104 valence electrons. The number of hydrogen-bond acceptors (Lipinski definition) is 2. The van der Waals surface area contributed by atoms with Gasteiger partial charge in [-0.2, -0.15) is 0 Å². The monoisotopic (exact) mass is 338 g/mol. The van der Waals surface area contributed by atoms with Gasteiger partial charge in [0.05, 0.1) is 12.8 Å². The zero-order valence-electron chi connectivity index (χ0n) is 10.6. The first kappa shape index (κ1) is 14.3. The number of urea groups is 1. The first-order valence-electron chi connectivity index (χ1n) is 5.75. The highest BCUT2D eigenvalue weighted by atomic mass is 79.9. The average molecular weight is 339 g/mol. The molecule has 0 aromatic heterocycles. The maximum atomic E-state index is 12.9. The van der Waals surface area contributed by atoms with Crippen molar-refractivity contribution in [2.45, 2.75) is 0 Å². The maximum absolute atomic E-state index is 12.9. The molecule has 0 aliphatic carbocycles. The maximum Gasteiger partial charge on any atom is 0.323 e. The number of rotatable bonds is 3. The summed E-state index contributed by atoms with van der Waals surface area (Å²) >= 11 is 3.18. The summed E-state index contributed by atoms with van der Waals surface area (Å²) in [5.74, 6) is 0.265. The van der Waals surface area contributed by atoms with Crippen LogP contribution in [0.1, 0.15) is 0 Å². The molecule has 2 aromatic rings. The molecule has 0 bridgehead atoms. The number of anilines is 2. The van der Waals surface area contributed by atoms with Crippen molar-refractivity contribution < 1.29 is 13.9 Å². The van der Waals surface area contributed by atoms with Crippen molar-refractivity contribution in [1.29, 1.82) is 0 Å². The van der Waals surface area contributed by atoms with E-state index in [-0.39, 0.29) is 5.82 Å². The minimum Gasteiger partial charge on any atom is -0.497 e. The number of amides is 2. The summed E-state index contributed by atoms with van der Waals surface area (Å²) in [6, 6.07) is 10.6. The van der Waals surface area contributed by atoms with Crippen molar-refractivity contribution >= 4 is 33.3 Å². The van der Waals surface area contributed by atoms with Crippen molar-refractivity contribution in [3.05, 3.63) is 52.8 Å². The van der Waals surface area contributed by atoms with Crippen LogP contribution >= 0.6 is 15.9 Å². The summed E-state index contributed by atoms with van der Waals surface area (Å²) in [6.07, 6.45) is 0. The van der Waals surface area contributed by atoms with Gasteiger partial charge in [0.25, 0.3) is 0 Å². The predicted octanol–water partition coefficient (Wildman–Crippen LogP) is 4.24. The van der Waals surface area contributed by atoms with Crippen molar-refractivity contribution in [3.8, 4) is 5.75 Å². The topological polar surface area (TPSA) is 50.4 Å². The van der Waals surface area contributed by atoms with Crippen LogP contribution in [-0.2, 0) is 0 Å². The lowest BCUT2D eigenvalue weighted by Crippen LogP contribution is -2.19. The second kappa shape index (κ2) is 6.38. The summed E-state index contributed by atoms with van der Waals surface area (Å²) in [5, 5.41) is 5.28. The van der Waals surface area contributed by atoms with E-state index in [4.69, 9.17) is 4.74 Å². The van der Waals surface area contributed by atoms with Gasteiger partial charge in [0, 0.05) is 16.2 Å². The molecule has 0 radical (unpaired) electrons. The summed E-state index contributed by atoms with van der Waals surface area (Å²) in [4.78, 5) is 11.8.